The summed E-state index contributed by atoms with van der Waals surface area (Å²) in [6.45, 7) is 4.25. The van der Waals surface area contributed by atoms with Gasteiger partial charge in [-0.1, -0.05) is 25.1 Å². The van der Waals surface area contributed by atoms with Crippen LogP contribution in [0.25, 0.3) is 11.0 Å². The molecular formula is C17H24N2O. The molecule has 2 aromatic rings. The molecule has 1 fully saturated rings. The molecule has 1 aromatic carbocycles. The predicted molar refractivity (Wildman–Crippen MR) is 82.9 cm³/mol. The third kappa shape index (κ3) is 3.05. The molecule has 0 amide bonds. The normalized spacial score (nSPS) is 16.9. The molecule has 0 aliphatic heterocycles. The number of nitrogens with zero attached hydrogens (tertiary/aromatic N) is 1. The van der Waals surface area contributed by atoms with Crippen LogP contribution in [0.5, 0.6) is 0 Å². The Morgan fingerprint density at radius 3 is 2.85 bits per heavy atom. The molecular weight excluding hydrogens is 248 g/mol. The summed E-state index contributed by atoms with van der Waals surface area (Å²) in [5.74, 6) is 1.06. The van der Waals surface area contributed by atoms with Gasteiger partial charge in [-0.05, 0) is 45.0 Å². The summed E-state index contributed by atoms with van der Waals surface area (Å²) in [5, 5.41) is 4.82. The van der Waals surface area contributed by atoms with Gasteiger partial charge in [-0.15, -0.1) is 0 Å². The number of nitrogens with one attached hydrogen (secondary N) is 1. The third-order valence-corrected chi connectivity index (χ3v) is 4.07. The van der Waals surface area contributed by atoms with Gasteiger partial charge in [0.1, 0.15) is 11.3 Å². The van der Waals surface area contributed by atoms with Gasteiger partial charge in [-0.3, -0.25) is 0 Å². The van der Waals surface area contributed by atoms with Crippen LogP contribution in [0.3, 0.4) is 0 Å². The van der Waals surface area contributed by atoms with Gasteiger partial charge in [0.2, 0.25) is 0 Å². The predicted octanol–water partition coefficient (Wildman–Crippen LogP) is 3.57. The van der Waals surface area contributed by atoms with E-state index in [0.717, 1.165) is 36.9 Å². The molecule has 1 aliphatic carbocycles. The first-order valence-corrected chi connectivity index (χ1v) is 7.70. The Labute approximate surface area is 120 Å². The van der Waals surface area contributed by atoms with E-state index < -0.39 is 0 Å². The quantitative estimate of drug-likeness (QED) is 0.835. The Morgan fingerprint density at radius 1 is 1.35 bits per heavy atom. The standard InChI is InChI=1S/C17H24N2O/c1-3-10-18-15(12-19(2)14-8-9-14)17-11-13-6-4-5-7-16(13)20-17/h4-7,11,14-15,18H,3,8-10,12H2,1-2H3. The highest BCUT2D eigenvalue weighted by molar-refractivity contribution is 5.77. The zero-order valence-corrected chi connectivity index (χ0v) is 12.4. The molecule has 20 heavy (non-hydrogen) atoms. The van der Waals surface area contributed by atoms with Gasteiger partial charge in [0.25, 0.3) is 0 Å². The molecule has 1 N–H and O–H groups in total. The summed E-state index contributed by atoms with van der Waals surface area (Å²) < 4.78 is 6.04. The molecule has 0 saturated heterocycles. The highest BCUT2D eigenvalue weighted by Gasteiger charge is 2.28. The smallest absolute Gasteiger partial charge is 0.134 e. The van der Waals surface area contributed by atoms with Crippen molar-refractivity contribution in [2.45, 2.75) is 38.3 Å². The second-order valence-corrected chi connectivity index (χ2v) is 5.86. The number of hydrogen-bond donors (Lipinski definition) is 1. The molecule has 1 saturated carbocycles. The largest absolute Gasteiger partial charge is 0.459 e. The average Bonchev–Trinajstić information content (AvgIpc) is 3.22. The first kappa shape index (κ1) is 13.7. The van der Waals surface area contributed by atoms with Crippen LogP contribution in [0.4, 0.5) is 0 Å². The molecule has 3 nitrogen and oxygen atoms in total. The number of hydrogen-bond acceptors (Lipinski definition) is 3. The van der Waals surface area contributed by atoms with Crippen molar-refractivity contribution in [1.29, 1.82) is 0 Å². The minimum absolute atomic E-state index is 0.285. The number of para-hydroxylation sites is 1. The van der Waals surface area contributed by atoms with Crippen LogP contribution in [0.2, 0.25) is 0 Å². The van der Waals surface area contributed by atoms with Gasteiger partial charge in [0, 0.05) is 18.0 Å². The van der Waals surface area contributed by atoms with E-state index in [1.165, 1.54) is 18.2 Å². The van der Waals surface area contributed by atoms with Crippen molar-refractivity contribution >= 4 is 11.0 Å². The fourth-order valence-electron chi connectivity index (χ4n) is 2.70. The van der Waals surface area contributed by atoms with Crippen molar-refractivity contribution < 1.29 is 4.42 Å². The molecule has 0 bridgehead atoms. The Morgan fingerprint density at radius 2 is 2.15 bits per heavy atom. The maximum Gasteiger partial charge on any atom is 0.134 e. The fraction of sp³-hybridized carbons (Fsp3) is 0.529. The summed E-state index contributed by atoms with van der Waals surface area (Å²) >= 11 is 0. The average molecular weight is 272 g/mol. The zero-order chi connectivity index (χ0) is 13.9. The van der Waals surface area contributed by atoms with E-state index in [2.05, 4.69) is 42.4 Å². The molecule has 3 heteroatoms. The first-order valence-electron chi connectivity index (χ1n) is 7.70. The molecule has 3 rings (SSSR count). The van der Waals surface area contributed by atoms with Crippen LogP contribution < -0.4 is 5.32 Å². The van der Waals surface area contributed by atoms with Gasteiger partial charge in [-0.2, -0.15) is 0 Å². The van der Waals surface area contributed by atoms with Crippen LogP contribution >= 0.6 is 0 Å². The number of benzene rings is 1. The topological polar surface area (TPSA) is 28.4 Å². The summed E-state index contributed by atoms with van der Waals surface area (Å²) in [7, 11) is 2.22. The Hall–Kier alpha value is -1.32. The van der Waals surface area contributed by atoms with E-state index >= 15 is 0 Å². The van der Waals surface area contributed by atoms with Crippen molar-refractivity contribution in [2.24, 2.45) is 0 Å². The fourth-order valence-corrected chi connectivity index (χ4v) is 2.70. The van der Waals surface area contributed by atoms with E-state index in [1.807, 2.05) is 12.1 Å². The van der Waals surface area contributed by atoms with E-state index in [-0.39, 0.29) is 6.04 Å². The van der Waals surface area contributed by atoms with Crippen LogP contribution in [-0.4, -0.2) is 31.1 Å². The van der Waals surface area contributed by atoms with E-state index in [9.17, 15) is 0 Å². The van der Waals surface area contributed by atoms with Crippen LogP contribution in [0.1, 0.15) is 38.0 Å². The summed E-state index contributed by atoms with van der Waals surface area (Å²) in [6.07, 6.45) is 3.83. The van der Waals surface area contributed by atoms with Gasteiger partial charge in [0.15, 0.2) is 0 Å². The van der Waals surface area contributed by atoms with Crippen LogP contribution in [0.15, 0.2) is 34.7 Å². The lowest BCUT2D eigenvalue weighted by Crippen LogP contribution is -2.34. The van der Waals surface area contributed by atoms with Crippen molar-refractivity contribution in [3.8, 4) is 0 Å². The van der Waals surface area contributed by atoms with Crippen LogP contribution in [-0.2, 0) is 0 Å². The number of likely N-dealkylation sites (N-methyl/N-ethyl adjacent to an activating group) is 1. The molecule has 1 aliphatic rings. The Kier molecular flexibility index (Phi) is 4.08. The SMILES string of the molecule is CCCNC(CN(C)C1CC1)c1cc2ccccc2o1. The molecule has 0 spiro atoms. The molecule has 1 heterocycles. The summed E-state index contributed by atoms with van der Waals surface area (Å²) in [6, 6.07) is 11.5. The minimum atomic E-state index is 0.285. The second kappa shape index (κ2) is 5.98. The molecule has 108 valence electrons. The van der Waals surface area contributed by atoms with Crippen molar-refractivity contribution in [3.05, 3.63) is 36.1 Å². The summed E-state index contributed by atoms with van der Waals surface area (Å²) in [4.78, 5) is 2.46. The molecule has 1 aromatic heterocycles. The number of rotatable bonds is 7. The molecule has 1 atom stereocenters. The highest BCUT2D eigenvalue weighted by atomic mass is 16.3. The zero-order valence-electron chi connectivity index (χ0n) is 12.4. The monoisotopic (exact) mass is 272 g/mol. The first-order chi connectivity index (χ1) is 9.78. The third-order valence-electron chi connectivity index (χ3n) is 4.07. The van der Waals surface area contributed by atoms with E-state index in [4.69, 9.17) is 4.42 Å². The minimum Gasteiger partial charge on any atom is -0.459 e. The lowest BCUT2D eigenvalue weighted by molar-refractivity contribution is 0.265. The number of furan rings is 1. The lowest BCUT2D eigenvalue weighted by Gasteiger charge is -2.23. The Balaban J connectivity index is 1.78. The lowest BCUT2D eigenvalue weighted by atomic mass is 10.1. The van der Waals surface area contributed by atoms with Crippen molar-refractivity contribution in [3.63, 3.8) is 0 Å². The van der Waals surface area contributed by atoms with Crippen molar-refractivity contribution in [1.82, 2.24) is 10.2 Å². The van der Waals surface area contributed by atoms with Gasteiger partial charge < -0.3 is 14.6 Å². The van der Waals surface area contributed by atoms with Crippen molar-refractivity contribution in [2.75, 3.05) is 20.1 Å². The van der Waals surface area contributed by atoms with Gasteiger partial charge >= 0.3 is 0 Å². The Bertz CT molecular complexity index is 526. The van der Waals surface area contributed by atoms with Gasteiger partial charge in [-0.25, -0.2) is 0 Å². The van der Waals surface area contributed by atoms with E-state index in [0.29, 0.717) is 0 Å². The molecule has 0 radical (unpaired) electrons. The summed E-state index contributed by atoms with van der Waals surface area (Å²) in [5.41, 5.74) is 0.986. The van der Waals surface area contributed by atoms with E-state index in [1.54, 1.807) is 0 Å². The highest BCUT2D eigenvalue weighted by Crippen LogP contribution is 2.29. The second-order valence-electron chi connectivity index (χ2n) is 5.86. The van der Waals surface area contributed by atoms with Crippen LogP contribution in [0, 0.1) is 0 Å². The maximum atomic E-state index is 6.04. The number of fused-ring (bicyclic) bond motifs is 1. The maximum absolute atomic E-state index is 6.04. The van der Waals surface area contributed by atoms with Gasteiger partial charge in [0.05, 0.1) is 6.04 Å². The molecule has 1 unspecified atom stereocenters.